The van der Waals surface area contributed by atoms with Gasteiger partial charge in [0.2, 0.25) is 0 Å². The van der Waals surface area contributed by atoms with E-state index in [0.717, 1.165) is 41.8 Å². The van der Waals surface area contributed by atoms with Gasteiger partial charge in [0.1, 0.15) is 5.75 Å². The number of benzene rings is 1. The van der Waals surface area contributed by atoms with E-state index < -0.39 is 0 Å². The first-order chi connectivity index (χ1) is 11.8. The minimum Gasteiger partial charge on any atom is -0.497 e. The number of methoxy groups -OCH3 is 1. The molecule has 0 bridgehead atoms. The van der Waals surface area contributed by atoms with E-state index >= 15 is 0 Å². The van der Waals surface area contributed by atoms with Crippen LogP contribution in [0.2, 0.25) is 0 Å². The number of hydrogen-bond donors (Lipinski definition) is 2. The summed E-state index contributed by atoms with van der Waals surface area (Å²) in [6.07, 6.45) is 6.27. The fourth-order valence-corrected chi connectivity index (χ4v) is 3.07. The quantitative estimate of drug-likeness (QED) is 0.774. The summed E-state index contributed by atoms with van der Waals surface area (Å²) < 4.78 is 10.6. The van der Waals surface area contributed by atoms with Crippen molar-refractivity contribution in [2.45, 2.75) is 19.3 Å². The van der Waals surface area contributed by atoms with Crippen LogP contribution in [0.15, 0.2) is 41.2 Å². The van der Waals surface area contributed by atoms with Crippen LogP contribution in [-0.2, 0) is 12.8 Å². The molecule has 1 aliphatic carbocycles. The number of aromatic nitrogens is 2. The van der Waals surface area contributed by atoms with Crippen molar-refractivity contribution >= 4 is 11.6 Å². The summed E-state index contributed by atoms with van der Waals surface area (Å²) >= 11 is 0. The summed E-state index contributed by atoms with van der Waals surface area (Å²) in [6.45, 7) is 0. The predicted molar refractivity (Wildman–Crippen MR) is 89.3 cm³/mol. The molecular weight excluding hydrogens is 306 g/mol. The van der Waals surface area contributed by atoms with Crippen molar-refractivity contribution in [3.63, 3.8) is 0 Å². The molecule has 0 fully saturated rings. The minimum absolute atomic E-state index is 0.179. The first-order valence-electron chi connectivity index (χ1n) is 7.86. The molecule has 0 spiro atoms. The molecular formula is C18H17N3O3. The Balaban J connectivity index is 1.66. The Morgan fingerprint density at radius 1 is 1.29 bits per heavy atom. The fourth-order valence-electron chi connectivity index (χ4n) is 3.07. The molecule has 1 aromatic carbocycles. The normalized spacial score (nSPS) is 12.9. The van der Waals surface area contributed by atoms with Gasteiger partial charge < -0.3 is 19.6 Å². The lowest BCUT2D eigenvalue weighted by Crippen LogP contribution is -2.12. The third-order valence-corrected chi connectivity index (χ3v) is 4.30. The van der Waals surface area contributed by atoms with Crippen LogP contribution in [-0.4, -0.2) is 23.2 Å². The second kappa shape index (κ2) is 5.88. The number of aryl methyl sites for hydroxylation is 2. The molecule has 0 unspecified atom stereocenters. The lowest BCUT2D eigenvalue weighted by atomic mass is 10.1. The molecule has 122 valence electrons. The SMILES string of the molecule is COc1ccc(NC(=O)c2c[nH]c3c2-c2oncc2CCC3)cc1. The predicted octanol–water partition coefficient (Wildman–Crippen LogP) is 3.42. The molecule has 1 aliphatic rings. The molecule has 3 aromatic rings. The van der Waals surface area contributed by atoms with Crippen molar-refractivity contribution in [1.29, 1.82) is 0 Å². The molecule has 24 heavy (non-hydrogen) atoms. The molecule has 0 aliphatic heterocycles. The number of carbonyl (C=O) groups excluding carboxylic acids is 1. The van der Waals surface area contributed by atoms with E-state index in [1.165, 1.54) is 0 Å². The van der Waals surface area contributed by atoms with Crippen molar-refractivity contribution in [2.75, 3.05) is 12.4 Å². The van der Waals surface area contributed by atoms with Crippen molar-refractivity contribution in [3.05, 3.63) is 53.5 Å². The Morgan fingerprint density at radius 2 is 2.12 bits per heavy atom. The summed E-state index contributed by atoms with van der Waals surface area (Å²) in [5.41, 5.74) is 4.17. The van der Waals surface area contributed by atoms with E-state index in [4.69, 9.17) is 9.26 Å². The number of anilines is 1. The lowest BCUT2D eigenvalue weighted by Gasteiger charge is -2.07. The Labute approximate surface area is 138 Å². The van der Waals surface area contributed by atoms with E-state index in [1.54, 1.807) is 19.5 Å². The minimum atomic E-state index is -0.179. The fraction of sp³-hybridized carbons (Fsp3) is 0.222. The molecule has 1 amide bonds. The zero-order valence-electron chi connectivity index (χ0n) is 13.3. The van der Waals surface area contributed by atoms with E-state index in [1.807, 2.05) is 24.3 Å². The maximum Gasteiger partial charge on any atom is 0.257 e. The van der Waals surface area contributed by atoms with Gasteiger partial charge in [-0.15, -0.1) is 0 Å². The Bertz CT molecular complexity index is 877. The van der Waals surface area contributed by atoms with Gasteiger partial charge in [-0.2, -0.15) is 0 Å². The smallest absolute Gasteiger partial charge is 0.257 e. The van der Waals surface area contributed by atoms with Gasteiger partial charge in [0.05, 0.1) is 24.4 Å². The van der Waals surface area contributed by atoms with Gasteiger partial charge in [0, 0.05) is 23.1 Å². The van der Waals surface area contributed by atoms with Gasteiger partial charge >= 0.3 is 0 Å². The molecule has 0 atom stereocenters. The third-order valence-electron chi connectivity index (χ3n) is 4.30. The Kier molecular flexibility index (Phi) is 3.57. The molecule has 2 aromatic heterocycles. The topological polar surface area (TPSA) is 80.1 Å². The number of ether oxygens (including phenoxy) is 1. The van der Waals surface area contributed by atoms with Gasteiger partial charge in [-0.3, -0.25) is 4.79 Å². The number of aromatic amines is 1. The number of amides is 1. The van der Waals surface area contributed by atoms with Gasteiger partial charge in [-0.1, -0.05) is 5.16 Å². The Morgan fingerprint density at radius 3 is 2.92 bits per heavy atom. The highest BCUT2D eigenvalue weighted by molar-refractivity contribution is 6.09. The van der Waals surface area contributed by atoms with Crippen molar-refractivity contribution in [3.8, 4) is 17.1 Å². The summed E-state index contributed by atoms with van der Waals surface area (Å²) in [5.74, 6) is 1.26. The summed E-state index contributed by atoms with van der Waals surface area (Å²) in [4.78, 5) is 15.9. The molecule has 6 nitrogen and oxygen atoms in total. The summed E-state index contributed by atoms with van der Waals surface area (Å²) in [7, 11) is 1.61. The van der Waals surface area contributed by atoms with Crippen LogP contribution in [0.5, 0.6) is 5.75 Å². The third kappa shape index (κ3) is 2.46. The highest BCUT2D eigenvalue weighted by atomic mass is 16.5. The van der Waals surface area contributed by atoms with Crippen LogP contribution in [0, 0.1) is 0 Å². The van der Waals surface area contributed by atoms with E-state index in [0.29, 0.717) is 17.0 Å². The number of rotatable bonds is 3. The van der Waals surface area contributed by atoms with Crippen LogP contribution in [0.1, 0.15) is 28.0 Å². The zero-order chi connectivity index (χ0) is 16.5. The van der Waals surface area contributed by atoms with Crippen molar-refractivity contribution in [2.24, 2.45) is 0 Å². The summed E-state index contributed by atoms with van der Waals surface area (Å²) in [6, 6.07) is 7.23. The molecule has 2 heterocycles. The number of hydrogen-bond acceptors (Lipinski definition) is 4. The highest BCUT2D eigenvalue weighted by Gasteiger charge is 2.26. The molecule has 0 saturated carbocycles. The first-order valence-corrected chi connectivity index (χ1v) is 7.86. The summed E-state index contributed by atoms with van der Waals surface area (Å²) in [5, 5.41) is 6.81. The Hall–Kier alpha value is -3.02. The number of nitrogens with zero attached hydrogens (tertiary/aromatic N) is 1. The van der Waals surface area contributed by atoms with Crippen LogP contribution in [0.3, 0.4) is 0 Å². The van der Waals surface area contributed by atoms with Crippen molar-refractivity contribution < 1.29 is 14.1 Å². The second-order valence-corrected chi connectivity index (χ2v) is 5.77. The molecule has 2 N–H and O–H groups in total. The van der Waals surface area contributed by atoms with Gasteiger partial charge in [-0.05, 0) is 43.5 Å². The largest absolute Gasteiger partial charge is 0.497 e. The van der Waals surface area contributed by atoms with Crippen LogP contribution in [0.25, 0.3) is 11.3 Å². The average molecular weight is 323 g/mol. The molecule has 4 rings (SSSR count). The zero-order valence-corrected chi connectivity index (χ0v) is 13.3. The maximum atomic E-state index is 12.7. The monoisotopic (exact) mass is 323 g/mol. The number of H-pyrrole nitrogens is 1. The van der Waals surface area contributed by atoms with Crippen LogP contribution >= 0.6 is 0 Å². The molecule has 6 heteroatoms. The van der Waals surface area contributed by atoms with Gasteiger partial charge in [-0.25, -0.2) is 0 Å². The van der Waals surface area contributed by atoms with E-state index in [9.17, 15) is 4.79 Å². The van der Waals surface area contributed by atoms with Gasteiger partial charge in [0.25, 0.3) is 5.91 Å². The van der Waals surface area contributed by atoms with E-state index in [2.05, 4.69) is 15.5 Å². The van der Waals surface area contributed by atoms with Gasteiger partial charge in [0.15, 0.2) is 5.76 Å². The lowest BCUT2D eigenvalue weighted by molar-refractivity contribution is 0.102. The van der Waals surface area contributed by atoms with Crippen LogP contribution < -0.4 is 10.1 Å². The molecule has 0 saturated heterocycles. The maximum absolute atomic E-state index is 12.7. The number of nitrogens with one attached hydrogen (secondary N) is 2. The average Bonchev–Trinajstić information content (AvgIpc) is 3.19. The van der Waals surface area contributed by atoms with Crippen LogP contribution in [0.4, 0.5) is 5.69 Å². The number of carbonyl (C=O) groups is 1. The standard InChI is InChI=1S/C18H17N3O3/c1-23-13-7-5-12(6-8-13)21-18(22)14-10-19-15-4-2-3-11-9-20-24-17(11)16(14)15/h5-10,19H,2-4H2,1H3,(H,21,22). The number of fused-ring (bicyclic) bond motifs is 3. The first kappa shape index (κ1) is 14.6. The highest BCUT2D eigenvalue weighted by Crippen LogP contribution is 2.35. The van der Waals surface area contributed by atoms with Crippen molar-refractivity contribution in [1.82, 2.24) is 10.1 Å². The van der Waals surface area contributed by atoms with E-state index in [-0.39, 0.29) is 5.91 Å². The molecule has 0 radical (unpaired) electrons. The second-order valence-electron chi connectivity index (χ2n) is 5.77.